The minimum absolute atomic E-state index is 0.0189. The van der Waals surface area contributed by atoms with Crippen molar-refractivity contribution in [2.75, 3.05) is 12.8 Å². The third-order valence-corrected chi connectivity index (χ3v) is 11.5. The topological polar surface area (TPSA) is 221 Å². The predicted molar refractivity (Wildman–Crippen MR) is 183 cm³/mol. The van der Waals surface area contributed by atoms with Crippen molar-refractivity contribution >= 4 is 46.5 Å². The lowest BCUT2D eigenvalue weighted by Crippen LogP contribution is -2.53. The SMILES string of the molecule is CS(=O)(=O)N[C@@H](CCCCN)C(=O)N[C@@H](Cc1ccccc1)[P+](=O)C(O)C1(C(=O)N[C@@H](Cc2c[nH]c3ccccc23)C(=O)O)CCCC1. The van der Waals surface area contributed by atoms with Crippen LogP contribution in [-0.2, 0) is 41.8 Å². The summed E-state index contributed by atoms with van der Waals surface area (Å²) in [5.74, 6) is -5.59. The number of para-hydroxylation sites is 1. The number of amides is 2. The number of carboxylic acid groups (broad SMARTS) is 1. The number of hydrogen-bond donors (Lipinski definition) is 7. The van der Waals surface area contributed by atoms with Crippen molar-refractivity contribution in [3.63, 3.8) is 0 Å². The highest BCUT2D eigenvalue weighted by atomic mass is 32.2. The van der Waals surface area contributed by atoms with E-state index < -0.39 is 64.7 Å². The van der Waals surface area contributed by atoms with Crippen molar-refractivity contribution in [3.05, 3.63) is 71.9 Å². The third-order valence-electron chi connectivity index (χ3n) is 8.89. The standard InChI is InChI=1S/C33H44N5O8PS/c1-48(45,46)38-26(15-7-10-18-34)29(39)37-28(19-22-11-3-2-4-12-22)47(44)32(43)33(16-8-9-17-33)31(42)36-27(30(40)41)20-23-21-35-25-14-6-5-13-24(23)25/h2-6,11-14,21,26-28,32,35,38,43H,7-10,15-20,34H2,1H3,(H2-,36,37,39,40,41,42)/p+1/t26-,27-,28+,32?/m0/s1. The van der Waals surface area contributed by atoms with Crippen molar-refractivity contribution in [2.24, 2.45) is 11.1 Å². The van der Waals surface area contributed by atoms with E-state index in [1.165, 1.54) is 0 Å². The second kappa shape index (κ2) is 16.6. The highest BCUT2D eigenvalue weighted by Crippen LogP contribution is 2.51. The summed E-state index contributed by atoms with van der Waals surface area (Å²) in [6, 6.07) is 13.8. The molecule has 0 saturated heterocycles. The number of H-pyrrole nitrogens is 1. The molecule has 5 atom stereocenters. The molecule has 2 unspecified atom stereocenters. The van der Waals surface area contributed by atoms with Crippen LogP contribution in [0.2, 0.25) is 0 Å². The van der Waals surface area contributed by atoms with E-state index in [1.54, 1.807) is 36.5 Å². The van der Waals surface area contributed by atoms with Gasteiger partial charge in [0.05, 0.1) is 6.26 Å². The smallest absolute Gasteiger partial charge is 0.396 e. The van der Waals surface area contributed by atoms with E-state index in [2.05, 4.69) is 20.3 Å². The van der Waals surface area contributed by atoms with Crippen LogP contribution < -0.4 is 21.1 Å². The van der Waals surface area contributed by atoms with Crippen molar-refractivity contribution in [1.82, 2.24) is 20.3 Å². The van der Waals surface area contributed by atoms with Crippen LogP contribution in [0, 0.1) is 5.41 Å². The maximum absolute atomic E-state index is 14.3. The fraction of sp³-hybridized carbons (Fsp3) is 0.485. The lowest BCUT2D eigenvalue weighted by atomic mass is 9.85. The van der Waals surface area contributed by atoms with Crippen LogP contribution in [0.25, 0.3) is 10.9 Å². The first-order chi connectivity index (χ1) is 22.8. The summed E-state index contributed by atoms with van der Waals surface area (Å²) in [6.07, 6.45) is 5.25. The first kappa shape index (κ1) is 37.1. The second-order valence-corrected chi connectivity index (χ2v) is 16.1. The number of sulfonamides is 1. The van der Waals surface area contributed by atoms with E-state index in [0.717, 1.165) is 17.2 Å². The summed E-state index contributed by atoms with van der Waals surface area (Å²) >= 11 is 0. The molecule has 48 heavy (non-hydrogen) atoms. The number of unbranched alkanes of at least 4 members (excludes halogenated alkanes) is 1. The number of nitrogens with one attached hydrogen (secondary N) is 4. The second-order valence-electron chi connectivity index (χ2n) is 12.5. The molecule has 13 nitrogen and oxygen atoms in total. The first-order valence-electron chi connectivity index (χ1n) is 16.1. The Morgan fingerprint density at radius 1 is 0.979 bits per heavy atom. The number of carboxylic acids is 1. The summed E-state index contributed by atoms with van der Waals surface area (Å²) in [5.41, 5.74) is 6.24. The van der Waals surface area contributed by atoms with Crippen molar-refractivity contribution in [2.45, 2.75) is 81.5 Å². The minimum atomic E-state index is -3.79. The lowest BCUT2D eigenvalue weighted by Gasteiger charge is -2.30. The van der Waals surface area contributed by atoms with E-state index >= 15 is 0 Å². The molecule has 3 aromatic rings. The van der Waals surface area contributed by atoms with Crippen LogP contribution in [0.5, 0.6) is 0 Å². The number of nitrogens with two attached hydrogens (primary N) is 1. The molecule has 1 aliphatic carbocycles. The highest BCUT2D eigenvalue weighted by Gasteiger charge is 2.58. The van der Waals surface area contributed by atoms with Gasteiger partial charge in [0.25, 0.3) is 5.85 Å². The molecular formula is C33H45N5O8PS+. The molecule has 1 fully saturated rings. The average Bonchev–Trinajstić information content (AvgIpc) is 3.71. The molecule has 2 aromatic carbocycles. The molecule has 1 saturated carbocycles. The zero-order valence-electron chi connectivity index (χ0n) is 26.9. The van der Waals surface area contributed by atoms with Crippen molar-refractivity contribution in [1.29, 1.82) is 0 Å². The van der Waals surface area contributed by atoms with Gasteiger partial charge in [-0.3, -0.25) is 9.59 Å². The van der Waals surface area contributed by atoms with E-state index in [0.29, 0.717) is 43.4 Å². The number of rotatable bonds is 18. The molecule has 8 N–H and O–H groups in total. The molecule has 0 aliphatic heterocycles. The fourth-order valence-electron chi connectivity index (χ4n) is 6.35. The Morgan fingerprint density at radius 2 is 1.65 bits per heavy atom. The lowest BCUT2D eigenvalue weighted by molar-refractivity contribution is -0.145. The van der Waals surface area contributed by atoms with Crippen molar-refractivity contribution < 1.29 is 37.6 Å². The maximum atomic E-state index is 14.3. The Morgan fingerprint density at radius 3 is 2.29 bits per heavy atom. The van der Waals surface area contributed by atoms with Gasteiger partial charge < -0.3 is 31.6 Å². The molecule has 4 rings (SSSR count). The molecule has 1 heterocycles. The predicted octanol–water partition coefficient (Wildman–Crippen LogP) is 2.72. The number of aliphatic carboxylic acids is 1. The van der Waals surface area contributed by atoms with Gasteiger partial charge in [-0.25, -0.2) is 17.9 Å². The van der Waals surface area contributed by atoms with Crippen LogP contribution in [0.1, 0.15) is 56.1 Å². The number of aliphatic hydroxyl groups excluding tert-OH is 1. The Labute approximate surface area is 281 Å². The quantitative estimate of drug-likeness (QED) is 0.0764. The van der Waals surface area contributed by atoms with Gasteiger partial charge in [-0.1, -0.05) is 72.4 Å². The van der Waals surface area contributed by atoms with Gasteiger partial charge in [-0.15, -0.1) is 0 Å². The van der Waals surface area contributed by atoms with E-state index in [4.69, 9.17) is 5.73 Å². The van der Waals surface area contributed by atoms with Crippen LogP contribution in [0.3, 0.4) is 0 Å². The number of fused-ring (bicyclic) bond motifs is 1. The third kappa shape index (κ3) is 9.48. The number of hydrogen-bond acceptors (Lipinski definition) is 8. The number of carbonyl (C=O) groups excluding carboxylic acids is 2. The zero-order valence-corrected chi connectivity index (χ0v) is 28.6. The number of benzene rings is 2. The summed E-state index contributed by atoms with van der Waals surface area (Å²) < 4.78 is 40.8. The minimum Gasteiger partial charge on any atom is -0.480 e. The van der Waals surface area contributed by atoms with Gasteiger partial charge in [0, 0.05) is 29.9 Å². The normalized spacial score (nSPS) is 17.3. The largest absolute Gasteiger partial charge is 0.480 e. The molecule has 2 amide bonds. The Kier molecular flexibility index (Phi) is 12.9. The number of aromatic nitrogens is 1. The highest BCUT2D eigenvalue weighted by molar-refractivity contribution is 7.88. The molecule has 1 aliphatic rings. The zero-order chi connectivity index (χ0) is 34.9. The molecule has 260 valence electrons. The Bertz CT molecular complexity index is 1690. The van der Waals surface area contributed by atoms with Crippen LogP contribution in [0.15, 0.2) is 60.8 Å². The van der Waals surface area contributed by atoms with Crippen LogP contribution in [-0.4, -0.2) is 77.9 Å². The average molecular weight is 703 g/mol. The Hall–Kier alpha value is -3.68. The molecule has 1 aromatic heterocycles. The maximum Gasteiger partial charge on any atom is 0.396 e. The molecule has 0 bridgehead atoms. The van der Waals surface area contributed by atoms with Gasteiger partial charge in [-0.2, -0.15) is 0 Å². The first-order valence-corrected chi connectivity index (χ1v) is 19.4. The number of aliphatic hydroxyl groups is 1. The summed E-state index contributed by atoms with van der Waals surface area (Å²) in [6.45, 7) is 0.358. The number of aromatic amines is 1. The molecule has 0 radical (unpaired) electrons. The van der Waals surface area contributed by atoms with E-state index in [1.807, 2.05) is 24.3 Å². The van der Waals surface area contributed by atoms with E-state index in [-0.39, 0.29) is 32.1 Å². The Balaban J connectivity index is 1.59. The van der Waals surface area contributed by atoms with Crippen LogP contribution >= 0.6 is 7.80 Å². The van der Waals surface area contributed by atoms with Gasteiger partial charge >= 0.3 is 13.8 Å². The summed E-state index contributed by atoms with van der Waals surface area (Å²) in [5, 5.41) is 28.0. The van der Waals surface area contributed by atoms with Crippen LogP contribution in [0.4, 0.5) is 0 Å². The van der Waals surface area contributed by atoms with E-state index in [9.17, 15) is 37.6 Å². The summed E-state index contributed by atoms with van der Waals surface area (Å²) in [4.78, 5) is 43.0. The number of carbonyl (C=O) groups is 3. The molecule has 15 heteroatoms. The molecule has 0 spiro atoms. The van der Waals surface area contributed by atoms with Gasteiger partial charge in [0.15, 0.2) is 0 Å². The van der Waals surface area contributed by atoms with Crippen molar-refractivity contribution in [3.8, 4) is 0 Å². The van der Waals surface area contributed by atoms with Gasteiger partial charge in [-0.05, 0) is 49.4 Å². The fourth-order valence-corrected chi connectivity index (χ4v) is 8.94. The summed E-state index contributed by atoms with van der Waals surface area (Å²) in [7, 11) is -6.56. The van der Waals surface area contributed by atoms with Gasteiger partial charge in [0.2, 0.25) is 27.6 Å². The molecular weight excluding hydrogens is 657 g/mol. The van der Waals surface area contributed by atoms with Gasteiger partial charge in [0.1, 0.15) is 17.5 Å². The monoisotopic (exact) mass is 702 g/mol.